The van der Waals surface area contributed by atoms with Crippen LogP contribution in [0.4, 0.5) is 0 Å². The van der Waals surface area contributed by atoms with Crippen LogP contribution < -0.4 is 10.6 Å². The lowest BCUT2D eigenvalue weighted by molar-refractivity contribution is 0.267. The normalized spacial score (nSPS) is 19.3. The minimum absolute atomic E-state index is 0.640. The van der Waals surface area contributed by atoms with Gasteiger partial charge in [0.2, 0.25) is 0 Å². The highest BCUT2D eigenvalue weighted by Crippen LogP contribution is 2.15. The molecule has 4 heteroatoms. The fraction of sp³-hybridized carbons (Fsp3) is 0.533. The Morgan fingerprint density at radius 3 is 2.84 bits per heavy atom. The molecule has 0 aliphatic carbocycles. The van der Waals surface area contributed by atoms with Crippen molar-refractivity contribution in [3.05, 3.63) is 35.9 Å². The summed E-state index contributed by atoms with van der Waals surface area (Å²) in [5.74, 6) is 0. The molecular formula is C15H23N3S. The van der Waals surface area contributed by atoms with Gasteiger partial charge in [-0.15, -0.1) is 0 Å². The predicted octanol–water partition coefficient (Wildman–Crippen LogP) is 2.13. The Hall–Kier alpha value is -1.13. The molecule has 2 N–H and O–H groups in total. The fourth-order valence-electron chi connectivity index (χ4n) is 2.59. The lowest BCUT2D eigenvalue weighted by Crippen LogP contribution is -2.43. The van der Waals surface area contributed by atoms with Gasteiger partial charge in [0.05, 0.1) is 0 Å². The Morgan fingerprint density at radius 1 is 1.32 bits per heavy atom. The highest BCUT2D eigenvalue weighted by Gasteiger charge is 2.22. The summed E-state index contributed by atoms with van der Waals surface area (Å²) in [7, 11) is 0. The number of hydrogen-bond acceptors (Lipinski definition) is 2. The smallest absolute Gasteiger partial charge is 0.166 e. The zero-order valence-corrected chi connectivity index (χ0v) is 12.4. The van der Waals surface area contributed by atoms with E-state index in [1.54, 1.807) is 0 Å². The molecule has 1 aromatic carbocycles. The van der Waals surface area contributed by atoms with Crippen molar-refractivity contribution in [2.24, 2.45) is 0 Å². The van der Waals surface area contributed by atoms with Crippen LogP contribution in [0.1, 0.15) is 25.3 Å². The summed E-state index contributed by atoms with van der Waals surface area (Å²) in [6, 6.07) is 11.0. The van der Waals surface area contributed by atoms with Crippen LogP contribution in [0, 0.1) is 0 Å². The summed E-state index contributed by atoms with van der Waals surface area (Å²) >= 11 is 5.32. The molecule has 3 nitrogen and oxygen atoms in total. The van der Waals surface area contributed by atoms with Crippen molar-refractivity contribution in [2.75, 3.05) is 19.6 Å². The van der Waals surface area contributed by atoms with E-state index in [-0.39, 0.29) is 0 Å². The van der Waals surface area contributed by atoms with Crippen molar-refractivity contribution in [3.8, 4) is 0 Å². The molecule has 1 atom stereocenters. The molecule has 0 unspecified atom stereocenters. The highest BCUT2D eigenvalue weighted by molar-refractivity contribution is 7.80. The standard InChI is InChI=1S/C15H23N3S/c1-2-18-10-6-9-14(18)12-17-15(19)16-11-13-7-4-3-5-8-13/h3-5,7-8,14H,2,6,9-12H2,1H3,(H2,16,17,19)/t14-/m0/s1. The van der Waals surface area contributed by atoms with Gasteiger partial charge in [-0.05, 0) is 43.7 Å². The van der Waals surface area contributed by atoms with Crippen LogP contribution in [0.25, 0.3) is 0 Å². The molecule has 1 heterocycles. The van der Waals surface area contributed by atoms with Gasteiger partial charge in [-0.25, -0.2) is 0 Å². The molecule has 1 aliphatic heterocycles. The zero-order chi connectivity index (χ0) is 13.5. The van der Waals surface area contributed by atoms with Gasteiger partial charge in [-0.3, -0.25) is 4.90 Å². The number of likely N-dealkylation sites (N-methyl/N-ethyl adjacent to an activating group) is 1. The number of hydrogen-bond donors (Lipinski definition) is 2. The van der Waals surface area contributed by atoms with E-state index in [0.29, 0.717) is 6.04 Å². The molecule has 1 aliphatic rings. The van der Waals surface area contributed by atoms with Gasteiger partial charge in [0.1, 0.15) is 0 Å². The van der Waals surface area contributed by atoms with Gasteiger partial charge < -0.3 is 10.6 Å². The second kappa shape index (κ2) is 7.46. The summed E-state index contributed by atoms with van der Waals surface area (Å²) in [6.07, 6.45) is 2.59. The monoisotopic (exact) mass is 277 g/mol. The SMILES string of the molecule is CCN1CCC[C@H]1CNC(=S)NCc1ccccc1. The first-order chi connectivity index (χ1) is 9.29. The number of benzene rings is 1. The summed E-state index contributed by atoms with van der Waals surface area (Å²) in [6.45, 7) is 6.33. The average molecular weight is 277 g/mol. The number of nitrogens with one attached hydrogen (secondary N) is 2. The third-order valence-corrected chi connectivity index (χ3v) is 3.99. The third-order valence-electron chi connectivity index (χ3n) is 3.70. The first-order valence-electron chi connectivity index (χ1n) is 7.09. The Balaban J connectivity index is 1.67. The molecule has 2 rings (SSSR count). The second-order valence-corrected chi connectivity index (χ2v) is 5.38. The Kier molecular flexibility index (Phi) is 5.61. The number of thiocarbonyl (C=S) groups is 1. The van der Waals surface area contributed by atoms with E-state index < -0.39 is 0 Å². The van der Waals surface area contributed by atoms with Crippen LogP contribution in [-0.2, 0) is 6.54 Å². The molecular weight excluding hydrogens is 254 g/mol. The summed E-state index contributed by atoms with van der Waals surface area (Å²) in [5, 5.41) is 7.35. The van der Waals surface area contributed by atoms with Crippen LogP contribution in [0.15, 0.2) is 30.3 Å². The Morgan fingerprint density at radius 2 is 2.11 bits per heavy atom. The first kappa shape index (κ1) is 14.3. The van der Waals surface area contributed by atoms with Gasteiger partial charge in [-0.1, -0.05) is 37.3 Å². The topological polar surface area (TPSA) is 27.3 Å². The molecule has 0 saturated carbocycles. The number of rotatable bonds is 5. The lowest BCUT2D eigenvalue weighted by Gasteiger charge is -2.23. The quantitative estimate of drug-likeness (QED) is 0.806. The molecule has 0 spiro atoms. The fourth-order valence-corrected chi connectivity index (χ4v) is 2.75. The zero-order valence-electron chi connectivity index (χ0n) is 11.6. The average Bonchev–Trinajstić information content (AvgIpc) is 2.91. The third kappa shape index (κ3) is 4.48. The Labute approximate surface area is 121 Å². The van der Waals surface area contributed by atoms with E-state index in [0.717, 1.165) is 24.7 Å². The molecule has 1 aromatic rings. The predicted molar refractivity (Wildman–Crippen MR) is 84.2 cm³/mol. The van der Waals surface area contributed by atoms with Gasteiger partial charge >= 0.3 is 0 Å². The summed E-state index contributed by atoms with van der Waals surface area (Å²) < 4.78 is 0. The number of likely N-dealkylation sites (tertiary alicyclic amines) is 1. The highest BCUT2D eigenvalue weighted by atomic mass is 32.1. The van der Waals surface area contributed by atoms with Crippen LogP contribution in [-0.4, -0.2) is 35.7 Å². The molecule has 104 valence electrons. The molecule has 1 fully saturated rings. The van der Waals surface area contributed by atoms with Crippen molar-refractivity contribution in [3.63, 3.8) is 0 Å². The van der Waals surface area contributed by atoms with E-state index >= 15 is 0 Å². The van der Waals surface area contributed by atoms with E-state index in [1.165, 1.54) is 24.9 Å². The van der Waals surface area contributed by atoms with E-state index in [2.05, 4.69) is 34.6 Å². The molecule has 19 heavy (non-hydrogen) atoms. The number of nitrogens with zero attached hydrogens (tertiary/aromatic N) is 1. The summed E-state index contributed by atoms with van der Waals surface area (Å²) in [4.78, 5) is 2.52. The minimum Gasteiger partial charge on any atom is -0.361 e. The van der Waals surface area contributed by atoms with Crippen LogP contribution in [0.2, 0.25) is 0 Å². The Bertz CT molecular complexity index is 394. The molecule has 0 radical (unpaired) electrons. The van der Waals surface area contributed by atoms with Crippen molar-refractivity contribution in [1.82, 2.24) is 15.5 Å². The maximum absolute atomic E-state index is 5.32. The van der Waals surface area contributed by atoms with Crippen LogP contribution >= 0.6 is 12.2 Å². The van der Waals surface area contributed by atoms with Crippen molar-refractivity contribution >= 4 is 17.3 Å². The second-order valence-electron chi connectivity index (χ2n) is 4.97. The molecule has 0 amide bonds. The van der Waals surface area contributed by atoms with Crippen molar-refractivity contribution < 1.29 is 0 Å². The maximum atomic E-state index is 5.32. The lowest BCUT2D eigenvalue weighted by atomic mass is 10.2. The van der Waals surface area contributed by atoms with E-state index in [1.807, 2.05) is 18.2 Å². The van der Waals surface area contributed by atoms with Crippen LogP contribution in [0.5, 0.6) is 0 Å². The maximum Gasteiger partial charge on any atom is 0.166 e. The first-order valence-corrected chi connectivity index (χ1v) is 7.50. The largest absolute Gasteiger partial charge is 0.361 e. The molecule has 0 aromatic heterocycles. The molecule has 1 saturated heterocycles. The van der Waals surface area contributed by atoms with E-state index in [4.69, 9.17) is 12.2 Å². The van der Waals surface area contributed by atoms with Gasteiger partial charge in [-0.2, -0.15) is 0 Å². The summed E-state index contributed by atoms with van der Waals surface area (Å²) in [5.41, 5.74) is 1.25. The van der Waals surface area contributed by atoms with Crippen molar-refractivity contribution in [2.45, 2.75) is 32.4 Å². The van der Waals surface area contributed by atoms with Gasteiger partial charge in [0, 0.05) is 19.1 Å². The van der Waals surface area contributed by atoms with Crippen LogP contribution in [0.3, 0.4) is 0 Å². The van der Waals surface area contributed by atoms with Crippen molar-refractivity contribution in [1.29, 1.82) is 0 Å². The van der Waals surface area contributed by atoms with Gasteiger partial charge in [0.15, 0.2) is 5.11 Å². The molecule has 0 bridgehead atoms. The minimum atomic E-state index is 0.640. The van der Waals surface area contributed by atoms with E-state index in [9.17, 15) is 0 Å². The van der Waals surface area contributed by atoms with Gasteiger partial charge in [0.25, 0.3) is 0 Å².